The number of carbonyl (C=O) groups is 1. The van der Waals surface area contributed by atoms with E-state index in [0.29, 0.717) is 11.4 Å². The number of carbonyl (C=O) groups excluding carboxylic acids is 1. The summed E-state index contributed by atoms with van der Waals surface area (Å²) in [6.45, 7) is 3.67. The van der Waals surface area contributed by atoms with Crippen LogP contribution in [0.3, 0.4) is 0 Å². The van der Waals surface area contributed by atoms with E-state index in [1.807, 2.05) is 74.1 Å². The number of nitrogens with zero attached hydrogens (tertiary/aromatic N) is 1. The number of fused-ring (bicyclic) bond motifs is 1. The molecular weight excluding hydrogens is 564 g/mol. The van der Waals surface area contributed by atoms with E-state index >= 15 is 0 Å². The first-order valence-electron chi connectivity index (χ1n) is 14.3. The lowest BCUT2D eigenvalue weighted by Gasteiger charge is -2.24. The van der Waals surface area contributed by atoms with Crippen LogP contribution < -0.4 is 5.90 Å². The van der Waals surface area contributed by atoms with Gasteiger partial charge in [-0.1, -0.05) is 78.3 Å². The van der Waals surface area contributed by atoms with Gasteiger partial charge in [0.15, 0.2) is 0 Å². The number of pyridine rings is 1. The molecule has 4 aromatic rings. The first-order chi connectivity index (χ1) is 20.1. The fourth-order valence-electron chi connectivity index (χ4n) is 5.39. The van der Waals surface area contributed by atoms with Crippen LogP contribution in [0.2, 0.25) is 5.02 Å². The zero-order chi connectivity index (χ0) is 29.7. The normalized spacial score (nSPS) is 15.2. The van der Waals surface area contributed by atoms with E-state index in [1.165, 1.54) is 5.56 Å². The predicted molar refractivity (Wildman–Crippen MR) is 174 cm³/mol. The van der Waals surface area contributed by atoms with Crippen molar-refractivity contribution in [3.05, 3.63) is 112 Å². The van der Waals surface area contributed by atoms with Crippen LogP contribution in [-0.4, -0.2) is 21.8 Å². The van der Waals surface area contributed by atoms with Crippen LogP contribution in [0.4, 0.5) is 0 Å². The zero-order valence-corrected chi connectivity index (χ0v) is 25.6. The fourth-order valence-corrected chi connectivity index (χ4v) is 7.12. The van der Waals surface area contributed by atoms with Crippen molar-refractivity contribution >= 4 is 52.4 Å². The quantitative estimate of drug-likeness (QED) is 0.159. The van der Waals surface area contributed by atoms with Crippen molar-refractivity contribution < 1.29 is 14.7 Å². The van der Waals surface area contributed by atoms with Gasteiger partial charge in [0.25, 0.3) is 0 Å². The Morgan fingerprint density at radius 3 is 2.64 bits per heavy atom. The molecule has 0 saturated heterocycles. The average molecular weight is 601 g/mol. The largest absolute Gasteiger partial charge is 0.386 e. The van der Waals surface area contributed by atoms with Gasteiger partial charge in [0.1, 0.15) is 0 Å². The van der Waals surface area contributed by atoms with Crippen molar-refractivity contribution in [3.63, 3.8) is 0 Å². The van der Waals surface area contributed by atoms with Gasteiger partial charge >= 0.3 is 5.97 Å². The van der Waals surface area contributed by atoms with Crippen molar-refractivity contribution in [1.29, 1.82) is 0 Å². The van der Waals surface area contributed by atoms with Crippen LogP contribution in [0.1, 0.15) is 72.7 Å². The molecule has 7 heteroatoms. The summed E-state index contributed by atoms with van der Waals surface area (Å²) in [4.78, 5) is 21.2. The summed E-state index contributed by atoms with van der Waals surface area (Å²) >= 11 is 8.07. The lowest BCUT2D eigenvalue weighted by molar-refractivity contribution is -0.145. The van der Waals surface area contributed by atoms with Gasteiger partial charge in [0.05, 0.1) is 23.2 Å². The molecule has 0 spiro atoms. The molecule has 0 unspecified atom stereocenters. The van der Waals surface area contributed by atoms with Gasteiger partial charge < -0.3 is 9.94 Å². The van der Waals surface area contributed by atoms with E-state index < -0.39 is 5.60 Å². The number of thioether (sulfide) groups is 1. The highest BCUT2D eigenvalue weighted by atomic mass is 35.5. The van der Waals surface area contributed by atoms with Crippen molar-refractivity contribution in [2.45, 2.75) is 56.8 Å². The van der Waals surface area contributed by atoms with E-state index in [4.69, 9.17) is 22.5 Å². The molecule has 42 heavy (non-hydrogen) atoms. The Balaban J connectivity index is 1.37. The molecule has 0 amide bonds. The standard InChI is InChI=1S/C35H37ClN2O3S/c1-34(2,40)30-9-4-3-7-25(30)13-17-32(42-23-35(18-19-35)22-33(39)41-37)27-8-5-6-24(20-27)10-15-29-16-12-26-11-14-28(36)21-31(26)38-29/h3-12,14-16,20-21,32,40H,13,17-19,22-23,37H2,1-2H3/b15-10+/t32-/m1/s1. The summed E-state index contributed by atoms with van der Waals surface area (Å²) in [6.07, 6.45) is 8.23. The molecule has 1 aliphatic rings. The molecule has 0 aliphatic heterocycles. The SMILES string of the molecule is CC(C)(O)c1ccccc1CC[C@@H](SCC1(CC(=O)ON)CC1)c1cccc(/C=C/c2ccc3ccc(Cl)cc3n2)c1. The molecule has 1 heterocycles. The van der Waals surface area contributed by atoms with Gasteiger partial charge in [-0.15, -0.1) is 0 Å². The predicted octanol–water partition coefficient (Wildman–Crippen LogP) is 8.28. The molecule has 1 aromatic heterocycles. The molecule has 5 rings (SSSR count). The third-order valence-electron chi connectivity index (χ3n) is 7.96. The Bertz CT molecular complexity index is 1590. The summed E-state index contributed by atoms with van der Waals surface area (Å²) in [5, 5.41) is 12.7. The lowest BCUT2D eigenvalue weighted by Crippen LogP contribution is -2.18. The second-order valence-corrected chi connectivity index (χ2v) is 13.4. The highest BCUT2D eigenvalue weighted by Gasteiger charge is 2.45. The summed E-state index contributed by atoms with van der Waals surface area (Å²) in [5.74, 6) is 5.66. The Labute approximate surface area is 257 Å². The van der Waals surface area contributed by atoms with E-state index in [1.54, 1.807) is 0 Å². The molecule has 0 bridgehead atoms. The van der Waals surface area contributed by atoms with Gasteiger partial charge in [0, 0.05) is 21.4 Å². The number of hydrogen-bond acceptors (Lipinski definition) is 6. The van der Waals surface area contributed by atoms with Crippen LogP contribution in [0.25, 0.3) is 23.1 Å². The minimum absolute atomic E-state index is 0.0352. The van der Waals surface area contributed by atoms with Crippen LogP contribution in [0.5, 0.6) is 0 Å². The molecule has 3 aromatic carbocycles. The van der Waals surface area contributed by atoms with Crippen LogP contribution in [-0.2, 0) is 21.7 Å². The summed E-state index contributed by atoms with van der Waals surface area (Å²) in [6, 6.07) is 26.5. The summed E-state index contributed by atoms with van der Waals surface area (Å²) < 4.78 is 0. The highest BCUT2D eigenvalue weighted by molar-refractivity contribution is 7.99. The molecule has 0 radical (unpaired) electrons. The molecule has 1 aliphatic carbocycles. The Morgan fingerprint density at radius 1 is 1.10 bits per heavy atom. The van der Waals surface area contributed by atoms with Crippen molar-refractivity contribution in [1.82, 2.24) is 4.98 Å². The van der Waals surface area contributed by atoms with Crippen LogP contribution in [0, 0.1) is 5.41 Å². The van der Waals surface area contributed by atoms with E-state index in [2.05, 4.69) is 47.3 Å². The smallest absolute Gasteiger partial charge is 0.325 e. The highest BCUT2D eigenvalue weighted by Crippen LogP contribution is 2.53. The van der Waals surface area contributed by atoms with Crippen molar-refractivity contribution in [2.75, 3.05) is 5.75 Å². The first kappa shape index (κ1) is 30.3. The number of aromatic nitrogens is 1. The number of benzene rings is 3. The van der Waals surface area contributed by atoms with Crippen LogP contribution >= 0.6 is 23.4 Å². The third kappa shape index (κ3) is 7.81. The summed E-state index contributed by atoms with van der Waals surface area (Å²) in [5.41, 5.74) is 5.23. The number of rotatable bonds is 12. The topological polar surface area (TPSA) is 85.4 Å². The third-order valence-corrected chi connectivity index (χ3v) is 9.88. The first-order valence-corrected chi connectivity index (χ1v) is 15.7. The number of halogens is 1. The maximum absolute atomic E-state index is 11.9. The number of aliphatic hydroxyl groups is 1. The zero-order valence-electron chi connectivity index (χ0n) is 24.1. The number of nitrogens with two attached hydrogens (primary N) is 1. The Kier molecular flexibility index (Phi) is 9.38. The van der Waals surface area contributed by atoms with E-state index in [9.17, 15) is 9.90 Å². The van der Waals surface area contributed by atoms with Gasteiger partial charge in [-0.2, -0.15) is 17.7 Å². The molecule has 218 valence electrons. The number of hydrogen-bond donors (Lipinski definition) is 2. The minimum atomic E-state index is -0.910. The maximum atomic E-state index is 11.9. The molecule has 5 nitrogen and oxygen atoms in total. The molecule has 1 fully saturated rings. The lowest BCUT2D eigenvalue weighted by atomic mass is 9.90. The van der Waals surface area contributed by atoms with Gasteiger partial charge in [-0.25, -0.2) is 4.98 Å². The molecule has 1 saturated carbocycles. The Morgan fingerprint density at radius 2 is 1.88 bits per heavy atom. The van der Waals surface area contributed by atoms with Gasteiger partial charge in [-0.05, 0) is 91.5 Å². The second-order valence-electron chi connectivity index (χ2n) is 11.8. The fraction of sp³-hybridized carbons (Fsp3) is 0.314. The summed E-state index contributed by atoms with van der Waals surface area (Å²) in [7, 11) is 0. The van der Waals surface area contributed by atoms with Crippen LogP contribution in [0.15, 0.2) is 78.9 Å². The van der Waals surface area contributed by atoms with E-state index in [-0.39, 0.29) is 16.6 Å². The molecule has 3 N–H and O–H groups in total. The van der Waals surface area contributed by atoms with Gasteiger partial charge in [-0.3, -0.25) is 4.79 Å². The van der Waals surface area contributed by atoms with Crippen molar-refractivity contribution in [3.8, 4) is 0 Å². The number of aryl methyl sites for hydroxylation is 1. The maximum Gasteiger partial charge on any atom is 0.325 e. The average Bonchev–Trinajstić information content (AvgIpc) is 3.74. The second kappa shape index (κ2) is 13.0. The Hall–Kier alpha value is -3.16. The van der Waals surface area contributed by atoms with Gasteiger partial charge in [0.2, 0.25) is 0 Å². The monoisotopic (exact) mass is 600 g/mol. The minimum Gasteiger partial charge on any atom is -0.386 e. The van der Waals surface area contributed by atoms with Crippen molar-refractivity contribution in [2.24, 2.45) is 11.3 Å². The van der Waals surface area contributed by atoms with E-state index in [0.717, 1.165) is 64.7 Å². The molecular formula is C35H37ClN2O3S. The molecule has 1 atom stereocenters.